The topological polar surface area (TPSA) is 201 Å². The van der Waals surface area contributed by atoms with E-state index in [4.69, 9.17) is 9.47 Å². The molecule has 1 rings (SSSR count). The molecule has 0 aromatic carbocycles. The maximum absolute atomic E-state index is 12.9. The van der Waals surface area contributed by atoms with E-state index in [-0.39, 0.29) is 75.3 Å². The summed E-state index contributed by atoms with van der Waals surface area (Å²) >= 11 is 0. The third-order valence-electron chi connectivity index (χ3n) is 7.65. The first-order valence-corrected chi connectivity index (χ1v) is 16.9. The predicted molar refractivity (Wildman–Crippen MR) is 183 cm³/mol. The minimum Gasteiger partial charge on any atom is -0.377 e. The molecular formula is C34H56N6O9. The molecule has 6 amide bonds. The van der Waals surface area contributed by atoms with Crippen LogP contribution in [-0.4, -0.2) is 117 Å². The van der Waals surface area contributed by atoms with Crippen molar-refractivity contribution in [3.8, 4) is 0 Å². The Morgan fingerprint density at radius 3 is 2.27 bits per heavy atom. The summed E-state index contributed by atoms with van der Waals surface area (Å²) in [5.74, 6) is -2.66. The maximum Gasteiger partial charge on any atom is 0.246 e. The van der Waals surface area contributed by atoms with E-state index in [0.29, 0.717) is 56.8 Å². The number of nitrogens with one attached hydrogen (secondary N) is 5. The Bertz CT molecular complexity index is 1160. The van der Waals surface area contributed by atoms with Gasteiger partial charge in [-0.1, -0.05) is 33.4 Å². The lowest BCUT2D eigenvalue weighted by atomic mass is 9.92. The minimum absolute atomic E-state index is 0.0450. The SMILES string of the molecule is C=CC(=O)N[C@@H](C)C(=O)N1CCC[C@H]1C(=O)NCC(=O)C[C@@H](CCC(C)C)C(=O)NCCOCCOCC(=O)NCCCNC(=O)C(=C)C. The predicted octanol–water partition coefficient (Wildman–Crippen LogP) is 0.144. The summed E-state index contributed by atoms with van der Waals surface area (Å²) < 4.78 is 10.8. The zero-order valence-corrected chi connectivity index (χ0v) is 29.5. The summed E-state index contributed by atoms with van der Waals surface area (Å²) in [6, 6.07) is -1.57. The molecule has 15 nitrogen and oxygen atoms in total. The molecule has 1 heterocycles. The van der Waals surface area contributed by atoms with Gasteiger partial charge in [0, 0.05) is 44.1 Å². The zero-order valence-electron chi connectivity index (χ0n) is 29.5. The zero-order chi connectivity index (χ0) is 36.8. The van der Waals surface area contributed by atoms with Crippen LogP contribution in [0.15, 0.2) is 24.8 Å². The summed E-state index contributed by atoms with van der Waals surface area (Å²) in [4.78, 5) is 87.7. The van der Waals surface area contributed by atoms with Crippen LogP contribution in [0.25, 0.3) is 0 Å². The van der Waals surface area contributed by atoms with Crippen LogP contribution in [-0.2, 0) is 43.0 Å². The fraction of sp³-hybridized carbons (Fsp3) is 0.676. The summed E-state index contributed by atoms with van der Waals surface area (Å²) in [7, 11) is 0. The Morgan fingerprint density at radius 2 is 1.59 bits per heavy atom. The van der Waals surface area contributed by atoms with Gasteiger partial charge in [-0.3, -0.25) is 33.6 Å². The van der Waals surface area contributed by atoms with Crippen LogP contribution in [0.4, 0.5) is 0 Å². The average molecular weight is 693 g/mol. The Hall–Kier alpha value is -4.11. The molecule has 0 aromatic heterocycles. The van der Waals surface area contributed by atoms with Gasteiger partial charge in [-0.15, -0.1) is 0 Å². The molecule has 1 aliphatic heterocycles. The number of likely N-dealkylation sites (tertiary alicyclic amines) is 1. The fourth-order valence-corrected chi connectivity index (χ4v) is 4.89. The van der Waals surface area contributed by atoms with Crippen molar-refractivity contribution >= 4 is 41.2 Å². The number of carbonyl (C=O) groups excluding carboxylic acids is 7. The molecule has 0 aliphatic carbocycles. The highest BCUT2D eigenvalue weighted by Crippen LogP contribution is 2.19. The molecular weight excluding hydrogens is 636 g/mol. The summed E-state index contributed by atoms with van der Waals surface area (Å²) in [6.45, 7) is 15.8. The molecule has 15 heteroatoms. The molecule has 1 saturated heterocycles. The van der Waals surface area contributed by atoms with Crippen molar-refractivity contribution in [2.24, 2.45) is 11.8 Å². The van der Waals surface area contributed by atoms with Gasteiger partial charge in [0.1, 0.15) is 18.7 Å². The van der Waals surface area contributed by atoms with Gasteiger partial charge in [0.05, 0.1) is 26.4 Å². The highest BCUT2D eigenvalue weighted by molar-refractivity contribution is 5.96. The molecule has 1 fully saturated rings. The Labute approximate surface area is 289 Å². The number of nitrogens with zero attached hydrogens (tertiary/aromatic N) is 1. The quantitative estimate of drug-likeness (QED) is 0.0652. The minimum atomic E-state index is -0.829. The molecule has 276 valence electrons. The number of carbonyl (C=O) groups is 7. The molecule has 0 unspecified atom stereocenters. The van der Waals surface area contributed by atoms with Crippen LogP contribution in [0.2, 0.25) is 0 Å². The van der Waals surface area contributed by atoms with E-state index < -0.39 is 29.8 Å². The van der Waals surface area contributed by atoms with Crippen LogP contribution < -0.4 is 26.6 Å². The van der Waals surface area contributed by atoms with Gasteiger partial charge in [-0.05, 0) is 51.5 Å². The number of amides is 6. The third kappa shape index (κ3) is 18.3. The van der Waals surface area contributed by atoms with Gasteiger partial charge in [0.25, 0.3) is 0 Å². The van der Waals surface area contributed by atoms with E-state index in [9.17, 15) is 33.6 Å². The summed E-state index contributed by atoms with van der Waals surface area (Å²) in [6.07, 6.45) is 3.90. The van der Waals surface area contributed by atoms with Gasteiger partial charge in [-0.25, -0.2) is 0 Å². The van der Waals surface area contributed by atoms with E-state index >= 15 is 0 Å². The largest absolute Gasteiger partial charge is 0.377 e. The van der Waals surface area contributed by atoms with Gasteiger partial charge < -0.3 is 41.0 Å². The number of Topliss-reactive ketones (excluding diaryl/α,β-unsaturated/α-hetero) is 1. The number of rotatable bonds is 25. The molecule has 0 bridgehead atoms. The highest BCUT2D eigenvalue weighted by atomic mass is 16.5. The van der Waals surface area contributed by atoms with E-state index in [2.05, 4.69) is 39.7 Å². The molecule has 0 spiro atoms. The standard InChI is InChI=1S/C34H56N6O9/c1-7-29(42)39-25(6)34(47)40-16-8-10-28(40)33(46)38-21-27(41)20-26(12-11-23(2)3)32(45)37-15-17-48-18-19-49-22-30(43)35-13-9-14-36-31(44)24(4)5/h7,23,25-26,28H,1,4,8-22H2,2-3,5-6H3,(H,35,43)(H,36,44)(H,37,45)(H,38,46)(H,39,42)/t25-,26+,28-/m0/s1. The molecule has 1 aliphatic rings. The third-order valence-corrected chi connectivity index (χ3v) is 7.65. The molecule has 0 radical (unpaired) electrons. The second kappa shape index (κ2) is 24.1. The number of ketones is 1. The van der Waals surface area contributed by atoms with E-state index in [1.54, 1.807) is 6.92 Å². The van der Waals surface area contributed by atoms with Gasteiger partial charge in [-0.2, -0.15) is 0 Å². The van der Waals surface area contributed by atoms with Crippen molar-refractivity contribution in [1.29, 1.82) is 0 Å². The summed E-state index contributed by atoms with van der Waals surface area (Å²) in [5.41, 5.74) is 0.425. The van der Waals surface area contributed by atoms with E-state index in [1.807, 2.05) is 13.8 Å². The number of hydrogen-bond acceptors (Lipinski definition) is 9. The normalized spacial score (nSPS) is 15.1. The van der Waals surface area contributed by atoms with Crippen LogP contribution in [0.5, 0.6) is 0 Å². The number of hydrogen-bond donors (Lipinski definition) is 5. The maximum atomic E-state index is 12.9. The van der Waals surface area contributed by atoms with Crippen molar-refractivity contribution in [2.45, 2.75) is 78.3 Å². The average Bonchev–Trinajstić information content (AvgIpc) is 3.55. The van der Waals surface area contributed by atoms with Crippen LogP contribution >= 0.6 is 0 Å². The van der Waals surface area contributed by atoms with Crippen LogP contribution in [0.3, 0.4) is 0 Å². The second-order valence-corrected chi connectivity index (χ2v) is 12.4. The van der Waals surface area contributed by atoms with Crippen LogP contribution in [0.1, 0.15) is 66.2 Å². The Morgan fingerprint density at radius 1 is 0.898 bits per heavy atom. The number of ether oxygens (including phenoxy) is 2. The smallest absolute Gasteiger partial charge is 0.246 e. The van der Waals surface area contributed by atoms with Gasteiger partial charge >= 0.3 is 0 Å². The van der Waals surface area contributed by atoms with Gasteiger partial charge in [0.2, 0.25) is 35.4 Å². The summed E-state index contributed by atoms with van der Waals surface area (Å²) in [5, 5.41) is 13.3. The lowest BCUT2D eigenvalue weighted by Crippen LogP contribution is -2.52. The van der Waals surface area contributed by atoms with Crippen molar-refractivity contribution in [3.63, 3.8) is 0 Å². The first-order chi connectivity index (χ1) is 23.3. The first-order valence-electron chi connectivity index (χ1n) is 16.9. The van der Waals surface area contributed by atoms with Gasteiger partial charge in [0.15, 0.2) is 5.78 Å². The van der Waals surface area contributed by atoms with Crippen molar-refractivity contribution < 1.29 is 43.0 Å². The fourth-order valence-electron chi connectivity index (χ4n) is 4.89. The molecule has 3 atom stereocenters. The van der Waals surface area contributed by atoms with Crippen molar-refractivity contribution in [3.05, 3.63) is 24.8 Å². The lowest BCUT2D eigenvalue weighted by Gasteiger charge is -2.27. The monoisotopic (exact) mass is 692 g/mol. The lowest BCUT2D eigenvalue weighted by molar-refractivity contribution is -0.141. The molecule has 49 heavy (non-hydrogen) atoms. The first kappa shape index (κ1) is 42.9. The molecule has 5 N–H and O–H groups in total. The molecule has 0 saturated carbocycles. The Balaban J connectivity index is 2.37. The molecule has 0 aromatic rings. The van der Waals surface area contributed by atoms with Crippen molar-refractivity contribution in [2.75, 3.05) is 59.2 Å². The van der Waals surface area contributed by atoms with Crippen LogP contribution in [0, 0.1) is 11.8 Å². The second-order valence-electron chi connectivity index (χ2n) is 12.4. The Kier molecular flexibility index (Phi) is 21.1. The van der Waals surface area contributed by atoms with E-state index in [0.717, 1.165) is 12.5 Å². The highest BCUT2D eigenvalue weighted by Gasteiger charge is 2.36. The van der Waals surface area contributed by atoms with E-state index in [1.165, 1.54) is 11.8 Å². The van der Waals surface area contributed by atoms with Crippen molar-refractivity contribution in [1.82, 2.24) is 31.5 Å².